The highest BCUT2D eigenvalue weighted by Gasteiger charge is 2.29. The molecule has 1 atom stereocenters. The number of rotatable bonds is 8. The van der Waals surface area contributed by atoms with E-state index < -0.39 is 11.6 Å². The maximum Gasteiger partial charge on any atom is 0.306 e. The number of hydrogen-bond acceptors (Lipinski definition) is 5. The second-order valence-electron chi connectivity index (χ2n) is 8.01. The molecule has 1 aliphatic heterocycles. The Hall–Kier alpha value is -2.70. The number of anilines is 1. The van der Waals surface area contributed by atoms with Crippen LogP contribution in [-0.2, 0) is 9.53 Å². The van der Waals surface area contributed by atoms with Crippen molar-refractivity contribution in [1.29, 1.82) is 0 Å². The van der Waals surface area contributed by atoms with E-state index in [9.17, 15) is 13.6 Å². The van der Waals surface area contributed by atoms with E-state index in [-0.39, 0.29) is 24.0 Å². The predicted octanol–water partition coefficient (Wildman–Crippen LogP) is 4.60. The summed E-state index contributed by atoms with van der Waals surface area (Å²) in [4.78, 5) is 17.7. The van der Waals surface area contributed by atoms with Crippen molar-refractivity contribution in [3.63, 3.8) is 0 Å². The SMILES string of the molecule is CCOC(=O)CC1CCN(c2c(F)cc(-c3cccc(OCC4CC4)n3)cc2F)C1. The normalized spacial score (nSPS) is 18.5. The number of pyridine rings is 1. The number of esters is 1. The molecule has 1 aromatic carbocycles. The fourth-order valence-corrected chi connectivity index (χ4v) is 3.82. The van der Waals surface area contributed by atoms with Gasteiger partial charge in [-0.1, -0.05) is 6.07 Å². The highest BCUT2D eigenvalue weighted by atomic mass is 19.1. The summed E-state index contributed by atoms with van der Waals surface area (Å²) in [5, 5.41) is 0. The van der Waals surface area contributed by atoms with E-state index in [0.29, 0.717) is 55.8 Å². The van der Waals surface area contributed by atoms with Crippen molar-refractivity contribution in [2.24, 2.45) is 11.8 Å². The Bertz CT molecular complexity index is 894. The van der Waals surface area contributed by atoms with Crippen LogP contribution >= 0.6 is 0 Å². The first-order valence-electron chi connectivity index (χ1n) is 10.5. The predicted molar refractivity (Wildman–Crippen MR) is 109 cm³/mol. The summed E-state index contributed by atoms with van der Waals surface area (Å²) >= 11 is 0. The lowest BCUT2D eigenvalue weighted by Gasteiger charge is -2.20. The zero-order valence-corrected chi connectivity index (χ0v) is 17.1. The Labute approximate surface area is 175 Å². The van der Waals surface area contributed by atoms with E-state index in [0.717, 1.165) is 0 Å². The molecule has 1 saturated heterocycles. The van der Waals surface area contributed by atoms with Crippen LogP contribution in [-0.4, -0.2) is 37.3 Å². The molecule has 7 heteroatoms. The molecule has 30 heavy (non-hydrogen) atoms. The van der Waals surface area contributed by atoms with E-state index in [4.69, 9.17) is 9.47 Å². The Morgan fingerprint density at radius 1 is 1.17 bits per heavy atom. The van der Waals surface area contributed by atoms with Crippen molar-refractivity contribution in [3.8, 4) is 17.1 Å². The summed E-state index contributed by atoms with van der Waals surface area (Å²) in [5.41, 5.74) is 0.786. The minimum Gasteiger partial charge on any atom is -0.477 e. The van der Waals surface area contributed by atoms with E-state index >= 15 is 0 Å². The van der Waals surface area contributed by atoms with Crippen LogP contribution in [0.3, 0.4) is 0 Å². The molecule has 160 valence electrons. The summed E-state index contributed by atoms with van der Waals surface area (Å²) in [5.74, 6) is -0.441. The van der Waals surface area contributed by atoms with E-state index in [1.54, 1.807) is 30.0 Å². The lowest BCUT2D eigenvalue weighted by atomic mass is 10.1. The van der Waals surface area contributed by atoms with Crippen LogP contribution in [0.25, 0.3) is 11.3 Å². The molecule has 2 aromatic rings. The van der Waals surface area contributed by atoms with Gasteiger partial charge in [0.15, 0.2) is 0 Å². The minimum absolute atomic E-state index is 0.0319. The zero-order valence-electron chi connectivity index (χ0n) is 17.1. The maximum atomic E-state index is 14.9. The van der Waals surface area contributed by atoms with Crippen molar-refractivity contribution in [2.45, 2.75) is 32.6 Å². The molecule has 0 spiro atoms. The van der Waals surface area contributed by atoms with Gasteiger partial charge in [0.05, 0.1) is 25.3 Å². The van der Waals surface area contributed by atoms with E-state index in [1.165, 1.54) is 25.0 Å². The molecule has 2 aliphatic rings. The minimum atomic E-state index is -0.632. The average molecular weight is 416 g/mol. The molecule has 0 radical (unpaired) electrons. The van der Waals surface area contributed by atoms with Crippen LogP contribution in [0.2, 0.25) is 0 Å². The lowest BCUT2D eigenvalue weighted by molar-refractivity contribution is -0.144. The largest absolute Gasteiger partial charge is 0.477 e. The first-order valence-corrected chi connectivity index (χ1v) is 10.5. The molecule has 0 bridgehead atoms. The molecular weight excluding hydrogens is 390 g/mol. The van der Waals surface area contributed by atoms with Gasteiger partial charge in [-0.05, 0) is 56.2 Å². The molecule has 1 saturated carbocycles. The van der Waals surface area contributed by atoms with Gasteiger partial charge < -0.3 is 14.4 Å². The summed E-state index contributed by atoms with van der Waals surface area (Å²) in [6.07, 6.45) is 3.31. The summed E-state index contributed by atoms with van der Waals surface area (Å²) in [6.45, 7) is 3.64. The van der Waals surface area contributed by atoms with Gasteiger partial charge in [0.2, 0.25) is 5.88 Å². The molecule has 5 nitrogen and oxygen atoms in total. The molecule has 4 rings (SSSR count). The number of nitrogens with zero attached hydrogens (tertiary/aromatic N) is 2. The summed E-state index contributed by atoms with van der Waals surface area (Å²) < 4.78 is 40.4. The average Bonchev–Trinajstić information content (AvgIpc) is 3.45. The standard InChI is InChI=1S/C23H26F2N2O3/c1-2-29-22(28)10-16-8-9-27(13-16)23-18(24)11-17(12-19(23)25)20-4-3-5-21(26-20)30-14-15-6-7-15/h3-5,11-12,15-16H,2,6-10,13-14H2,1H3. The van der Waals surface area contributed by atoms with Crippen LogP contribution in [0.1, 0.15) is 32.6 Å². The van der Waals surface area contributed by atoms with Crippen LogP contribution in [0.4, 0.5) is 14.5 Å². The van der Waals surface area contributed by atoms with Crippen molar-refractivity contribution >= 4 is 11.7 Å². The molecule has 2 fully saturated rings. The van der Waals surface area contributed by atoms with E-state index in [1.807, 2.05) is 0 Å². The van der Waals surface area contributed by atoms with Crippen LogP contribution in [0, 0.1) is 23.5 Å². The van der Waals surface area contributed by atoms with Gasteiger partial charge in [-0.2, -0.15) is 0 Å². The molecule has 2 heterocycles. The monoisotopic (exact) mass is 416 g/mol. The third-order valence-corrected chi connectivity index (χ3v) is 5.56. The number of hydrogen-bond donors (Lipinski definition) is 0. The number of ether oxygens (including phenoxy) is 2. The van der Waals surface area contributed by atoms with Gasteiger partial charge in [-0.25, -0.2) is 13.8 Å². The van der Waals surface area contributed by atoms with Crippen molar-refractivity contribution in [2.75, 3.05) is 31.2 Å². The van der Waals surface area contributed by atoms with Crippen LogP contribution in [0.5, 0.6) is 5.88 Å². The van der Waals surface area contributed by atoms with Crippen molar-refractivity contribution in [1.82, 2.24) is 4.98 Å². The Morgan fingerprint density at radius 2 is 1.93 bits per heavy atom. The first kappa shape index (κ1) is 20.6. The smallest absolute Gasteiger partial charge is 0.306 e. The second-order valence-corrected chi connectivity index (χ2v) is 8.01. The lowest BCUT2D eigenvalue weighted by Crippen LogP contribution is -2.23. The first-order chi connectivity index (χ1) is 14.5. The molecule has 0 amide bonds. The van der Waals surface area contributed by atoms with Gasteiger partial charge >= 0.3 is 5.97 Å². The van der Waals surface area contributed by atoms with Gasteiger partial charge in [0, 0.05) is 24.7 Å². The van der Waals surface area contributed by atoms with E-state index in [2.05, 4.69) is 4.98 Å². The van der Waals surface area contributed by atoms with Crippen LogP contribution in [0.15, 0.2) is 30.3 Å². The summed E-state index contributed by atoms with van der Waals surface area (Å²) in [6, 6.07) is 7.85. The second kappa shape index (κ2) is 8.98. The fourth-order valence-electron chi connectivity index (χ4n) is 3.82. The molecule has 1 aliphatic carbocycles. The third-order valence-electron chi connectivity index (χ3n) is 5.56. The number of carbonyl (C=O) groups is 1. The fraction of sp³-hybridized carbons (Fsp3) is 0.478. The molecular formula is C23H26F2N2O3. The molecule has 0 N–H and O–H groups in total. The number of benzene rings is 1. The zero-order chi connectivity index (χ0) is 21.1. The summed E-state index contributed by atoms with van der Waals surface area (Å²) in [7, 11) is 0. The quantitative estimate of drug-likeness (QED) is 0.589. The molecule has 1 aromatic heterocycles. The number of carbonyl (C=O) groups excluding carboxylic acids is 1. The third kappa shape index (κ3) is 4.89. The Morgan fingerprint density at radius 3 is 2.63 bits per heavy atom. The van der Waals surface area contributed by atoms with Gasteiger partial charge in [0.25, 0.3) is 0 Å². The highest BCUT2D eigenvalue weighted by molar-refractivity contribution is 5.70. The molecule has 1 unspecified atom stereocenters. The van der Waals surface area contributed by atoms with Gasteiger partial charge in [0.1, 0.15) is 17.3 Å². The Balaban J connectivity index is 1.47. The maximum absolute atomic E-state index is 14.9. The van der Waals surface area contributed by atoms with Gasteiger partial charge in [-0.3, -0.25) is 4.79 Å². The van der Waals surface area contributed by atoms with Gasteiger partial charge in [-0.15, -0.1) is 0 Å². The number of aromatic nitrogens is 1. The topological polar surface area (TPSA) is 51.7 Å². The number of halogens is 2. The van der Waals surface area contributed by atoms with Crippen molar-refractivity contribution < 1.29 is 23.0 Å². The van der Waals surface area contributed by atoms with Crippen LogP contribution < -0.4 is 9.64 Å². The van der Waals surface area contributed by atoms with Crippen molar-refractivity contribution in [3.05, 3.63) is 42.0 Å². The highest BCUT2D eigenvalue weighted by Crippen LogP contribution is 2.34. The Kier molecular flexibility index (Phi) is 6.16.